The van der Waals surface area contributed by atoms with Crippen molar-refractivity contribution in [3.8, 4) is 11.5 Å². The fraction of sp³-hybridized carbons (Fsp3) is 0. The summed E-state index contributed by atoms with van der Waals surface area (Å²) in [6.07, 6.45) is 1.24. The third-order valence-electron chi connectivity index (χ3n) is 5.09. The summed E-state index contributed by atoms with van der Waals surface area (Å²) in [5, 5.41) is 24.6. The van der Waals surface area contributed by atoms with Gasteiger partial charge < -0.3 is 4.74 Å². The van der Waals surface area contributed by atoms with E-state index >= 15 is 0 Å². The average molecular weight is 667 g/mol. The number of anilines is 1. The topological polar surface area (TPSA) is 162 Å². The number of carbonyl (C=O) groups excluding carboxylic acids is 3. The van der Waals surface area contributed by atoms with Gasteiger partial charge in [0.15, 0.2) is 5.75 Å². The SMILES string of the molecule is O=C1NC(=O)N(c2ccccc2Cl)C(=O)/C1=C/c1cc(Br)c(Oc2ccc([N+](=O)[O-])cc2[N+](=O)[O-])c(Br)c1. The average Bonchev–Trinajstić information content (AvgIpc) is 2.85. The zero-order valence-corrected chi connectivity index (χ0v) is 22.4. The molecular formula is C23H11Br2ClN4O8. The first kappa shape index (κ1) is 26.9. The summed E-state index contributed by atoms with van der Waals surface area (Å²) in [7, 11) is 0. The van der Waals surface area contributed by atoms with Crippen LogP contribution in [0.5, 0.6) is 11.5 Å². The number of nitrogens with one attached hydrogen (secondary N) is 1. The van der Waals surface area contributed by atoms with E-state index in [9.17, 15) is 34.6 Å². The standard InChI is InChI=1S/C23H11Br2ClN4O8/c24-14-8-11(7-13-21(31)27-23(33)28(22(13)32)17-4-2-1-3-16(17)26)9-15(25)20(14)38-19-6-5-12(29(34)35)10-18(19)30(36)37/h1-10H,(H,27,31,33)/b13-7+. The number of carbonyl (C=O) groups is 3. The van der Waals surface area contributed by atoms with Crippen molar-refractivity contribution in [3.63, 3.8) is 0 Å². The minimum Gasteiger partial charge on any atom is -0.448 e. The van der Waals surface area contributed by atoms with Gasteiger partial charge in [-0.3, -0.25) is 35.1 Å². The lowest BCUT2D eigenvalue weighted by atomic mass is 10.1. The van der Waals surface area contributed by atoms with Crippen molar-refractivity contribution >= 4 is 84.4 Å². The monoisotopic (exact) mass is 664 g/mol. The van der Waals surface area contributed by atoms with E-state index in [1.165, 1.54) is 30.3 Å². The number of para-hydroxylation sites is 1. The molecule has 1 saturated heterocycles. The Balaban J connectivity index is 1.69. The molecule has 0 radical (unpaired) electrons. The lowest BCUT2D eigenvalue weighted by Crippen LogP contribution is -2.54. The number of non-ortho nitro benzene ring substituents is 1. The predicted molar refractivity (Wildman–Crippen MR) is 142 cm³/mol. The molecule has 4 rings (SSSR count). The maximum absolute atomic E-state index is 13.1. The van der Waals surface area contributed by atoms with E-state index in [2.05, 4.69) is 37.2 Å². The summed E-state index contributed by atoms with van der Waals surface area (Å²) in [5.74, 6) is -2.00. The Labute approximate surface area is 234 Å². The van der Waals surface area contributed by atoms with E-state index in [0.717, 1.165) is 23.1 Å². The molecule has 1 N–H and O–H groups in total. The highest BCUT2D eigenvalue weighted by atomic mass is 79.9. The summed E-state index contributed by atoms with van der Waals surface area (Å²) in [6.45, 7) is 0. The fourth-order valence-corrected chi connectivity index (χ4v) is 5.00. The molecule has 3 aromatic carbocycles. The Bertz CT molecular complexity index is 1570. The van der Waals surface area contributed by atoms with E-state index in [1.54, 1.807) is 12.1 Å². The molecular weight excluding hydrogens is 656 g/mol. The van der Waals surface area contributed by atoms with Crippen LogP contribution >= 0.6 is 43.5 Å². The van der Waals surface area contributed by atoms with Crippen molar-refractivity contribution in [1.82, 2.24) is 5.32 Å². The first-order valence-corrected chi connectivity index (χ1v) is 12.2. The Kier molecular flexibility index (Phi) is 7.57. The molecule has 0 atom stereocenters. The Morgan fingerprint density at radius 2 is 1.61 bits per heavy atom. The number of imide groups is 2. The molecule has 1 heterocycles. The fourth-order valence-electron chi connectivity index (χ4n) is 3.39. The van der Waals surface area contributed by atoms with Crippen LogP contribution in [0.4, 0.5) is 21.9 Å². The quantitative estimate of drug-likeness (QED) is 0.142. The van der Waals surface area contributed by atoms with Gasteiger partial charge in [-0.2, -0.15) is 0 Å². The van der Waals surface area contributed by atoms with Gasteiger partial charge in [-0.15, -0.1) is 0 Å². The summed E-state index contributed by atoms with van der Waals surface area (Å²) in [4.78, 5) is 59.6. The highest BCUT2D eigenvalue weighted by Crippen LogP contribution is 2.42. The van der Waals surface area contributed by atoms with Crippen molar-refractivity contribution in [3.05, 3.63) is 99.9 Å². The highest BCUT2D eigenvalue weighted by molar-refractivity contribution is 9.11. The van der Waals surface area contributed by atoms with Crippen molar-refractivity contribution < 1.29 is 29.0 Å². The third-order valence-corrected chi connectivity index (χ3v) is 6.59. The molecule has 38 heavy (non-hydrogen) atoms. The largest absolute Gasteiger partial charge is 0.448 e. The van der Waals surface area contributed by atoms with Gasteiger partial charge in [0, 0.05) is 6.07 Å². The number of nitro benzene ring substituents is 2. The van der Waals surface area contributed by atoms with Gasteiger partial charge in [0.2, 0.25) is 5.75 Å². The number of benzene rings is 3. The molecule has 4 amide bonds. The van der Waals surface area contributed by atoms with Gasteiger partial charge in [-0.25, -0.2) is 9.69 Å². The maximum Gasteiger partial charge on any atom is 0.335 e. The second-order valence-electron chi connectivity index (χ2n) is 7.49. The van der Waals surface area contributed by atoms with E-state index in [1.807, 2.05) is 0 Å². The third kappa shape index (κ3) is 5.27. The van der Waals surface area contributed by atoms with Crippen LogP contribution in [0.3, 0.4) is 0 Å². The van der Waals surface area contributed by atoms with Crippen molar-refractivity contribution in [2.75, 3.05) is 4.90 Å². The molecule has 3 aromatic rings. The number of urea groups is 1. The molecule has 12 nitrogen and oxygen atoms in total. The van der Waals surface area contributed by atoms with Crippen molar-refractivity contribution in [2.45, 2.75) is 0 Å². The summed E-state index contributed by atoms with van der Waals surface area (Å²) < 4.78 is 6.18. The summed E-state index contributed by atoms with van der Waals surface area (Å²) in [5.41, 5.74) is -1.06. The Hall–Kier alpha value is -4.14. The van der Waals surface area contributed by atoms with Crippen LogP contribution < -0.4 is 15.0 Å². The van der Waals surface area contributed by atoms with Gasteiger partial charge in [-0.1, -0.05) is 23.7 Å². The smallest absolute Gasteiger partial charge is 0.335 e. The number of barbiturate groups is 1. The first-order valence-electron chi connectivity index (χ1n) is 10.2. The molecule has 0 aliphatic carbocycles. The van der Waals surface area contributed by atoms with Crippen LogP contribution in [-0.4, -0.2) is 27.7 Å². The molecule has 1 aliphatic heterocycles. The van der Waals surface area contributed by atoms with Crippen LogP contribution in [0.15, 0.2) is 69.1 Å². The van der Waals surface area contributed by atoms with E-state index < -0.39 is 39.1 Å². The number of nitro groups is 2. The molecule has 0 bridgehead atoms. The van der Waals surface area contributed by atoms with Gasteiger partial charge in [-0.05, 0) is 73.8 Å². The van der Waals surface area contributed by atoms with Crippen molar-refractivity contribution in [1.29, 1.82) is 0 Å². The lowest BCUT2D eigenvalue weighted by molar-refractivity contribution is -0.394. The number of hydrogen-bond acceptors (Lipinski definition) is 8. The molecule has 15 heteroatoms. The molecule has 0 saturated carbocycles. The molecule has 0 aromatic heterocycles. The molecule has 1 aliphatic rings. The molecule has 192 valence electrons. The van der Waals surface area contributed by atoms with Crippen LogP contribution in [-0.2, 0) is 9.59 Å². The summed E-state index contributed by atoms with van der Waals surface area (Å²) in [6, 6.07) is 11.0. The van der Waals surface area contributed by atoms with Gasteiger partial charge in [0.1, 0.15) is 5.57 Å². The molecule has 0 spiro atoms. The first-order chi connectivity index (χ1) is 18.0. The van der Waals surface area contributed by atoms with E-state index in [4.69, 9.17) is 16.3 Å². The number of nitrogens with zero attached hydrogens (tertiary/aromatic N) is 3. The zero-order chi connectivity index (χ0) is 27.7. The second-order valence-corrected chi connectivity index (χ2v) is 9.61. The summed E-state index contributed by atoms with van der Waals surface area (Å²) >= 11 is 12.7. The Morgan fingerprint density at radius 1 is 0.947 bits per heavy atom. The van der Waals surface area contributed by atoms with E-state index in [0.29, 0.717) is 5.56 Å². The number of ether oxygens (including phenoxy) is 1. The van der Waals surface area contributed by atoms with Crippen LogP contribution in [0.1, 0.15) is 5.56 Å². The van der Waals surface area contributed by atoms with Crippen LogP contribution in [0.25, 0.3) is 6.08 Å². The number of rotatable bonds is 6. The highest BCUT2D eigenvalue weighted by Gasteiger charge is 2.37. The van der Waals surface area contributed by atoms with Crippen LogP contribution in [0, 0.1) is 20.2 Å². The molecule has 1 fully saturated rings. The maximum atomic E-state index is 13.1. The normalized spacial score (nSPS) is 14.4. The van der Waals surface area contributed by atoms with Gasteiger partial charge in [0.05, 0.1) is 35.6 Å². The predicted octanol–water partition coefficient (Wildman–Crippen LogP) is 6.14. The van der Waals surface area contributed by atoms with E-state index in [-0.39, 0.29) is 36.7 Å². The minimum atomic E-state index is -0.957. The minimum absolute atomic E-state index is 0.0800. The van der Waals surface area contributed by atoms with Gasteiger partial charge in [0.25, 0.3) is 17.5 Å². The second kappa shape index (κ2) is 10.7. The van der Waals surface area contributed by atoms with Gasteiger partial charge >= 0.3 is 11.7 Å². The number of hydrogen-bond donors (Lipinski definition) is 1. The number of halogens is 3. The van der Waals surface area contributed by atoms with Crippen LogP contribution in [0.2, 0.25) is 5.02 Å². The van der Waals surface area contributed by atoms with Crippen molar-refractivity contribution in [2.24, 2.45) is 0 Å². The Morgan fingerprint density at radius 3 is 2.21 bits per heavy atom. The lowest BCUT2D eigenvalue weighted by Gasteiger charge is -2.27. The molecule has 0 unspecified atom stereocenters. The number of amides is 4. The zero-order valence-electron chi connectivity index (χ0n) is 18.5.